The predicted octanol–water partition coefficient (Wildman–Crippen LogP) is 4.26. The predicted molar refractivity (Wildman–Crippen MR) is 113 cm³/mol. The molecule has 0 atom stereocenters. The molecule has 0 saturated carbocycles. The van der Waals surface area contributed by atoms with Crippen molar-refractivity contribution in [1.82, 2.24) is 0 Å². The minimum absolute atomic E-state index is 0.137. The summed E-state index contributed by atoms with van der Waals surface area (Å²) in [5.74, 6) is -0.668. The van der Waals surface area contributed by atoms with Gasteiger partial charge in [-0.25, -0.2) is 8.42 Å². The van der Waals surface area contributed by atoms with Crippen molar-refractivity contribution in [1.29, 1.82) is 0 Å². The normalized spacial score (nSPS) is 11.9. The molecule has 0 unspecified atom stereocenters. The molecule has 1 N–H and O–H groups in total. The SMILES string of the molecule is CCOP(=O)(Cc1ccc(NC(=O)CCS(=O)(=O)c2ccccc2)cc1)OCC. The molecular weight excluding hydrogens is 413 g/mol. The van der Waals surface area contributed by atoms with Crippen LogP contribution in [0.1, 0.15) is 25.8 Å². The molecule has 29 heavy (non-hydrogen) atoms. The molecule has 0 aliphatic rings. The van der Waals surface area contributed by atoms with E-state index in [1.165, 1.54) is 12.1 Å². The van der Waals surface area contributed by atoms with E-state index in [0.717, 1.165) is 5.56 Å². The third-order valence-electron chi connectivity index (χ3n) is 3.97. The number of carbonyl (C=O) groups excluding carboxylic acids is 1. The number of anilines is 1. The molecule has 0 saturated heterocycles. The van der Waals surface area contributed by atoms with Crippen LogP contribution in [0.5, 0.6) is 0 Å². The fourth-order valence-corrected chi connectivity index (χ4v) is 5.60. The fraction of sp³-hybridized carbons (Fsp3) is 0.350. The smallest absolute Gasteiger partial charge is 0.326 e. The third kappa shape index (κ3) is 7.40. The van der Waals surface area contributed by atoms with Crippen molar-refractivity contribution in [3.8, 4) is 0 Å². The Kier molecular flexibility index (Phi) is 8.59. The third-order valence-corrected chi connectivity index (χ3v) is 7.75. The highest BCUT2D eigenvalue weighted by Crippen LogP contribution is 2.51. The summed E-state index contributed by atoms with van der Waals surface area (Å²) in [6.45, 7) is 4.08. The van der Waals surface area contributed by atoms with E-state index in [1.807, 2.05) is 0 Å². The van der Waals surface area contributed by atoms with Gasteiger partial charge in [-0.1, -0.05) is 30.3 Å². The van der Waals surface area contributed by atoms with Crippen LogP contribution < -0.4 is 5.32 Å². The molecule has 9 heteroatoms. The largest absolute Gasteiger partial charge is 0.335 e. The Morgan fingerprint density at radius 2 is 1.55 bits per heavy atom. The fourth-order valence-electron chi connectivity index (χ4n) is 2.64. The topological polar surface area (TPSA) is 98.8 Å². The lowest BCUT2D eigenvalue weighted by atomic mass is 10.2. The van der Waals surface area contributed by atoms with Crippen LogP contribution in [0.15, 0.2) is 59.5 Å². The van der Waals surface area contributed by atoms with Crippen molar-refractivity contribution >= 4 is 29.0 Å². The highest BCUT2D eigenvalue weighted by Gasteiger charge is 2.24. The van der Waals surface area contributed by atoms with E-state index in [4.69, 9.17) is 9.05 Å². The van der Waals surface area contributed by atoms with Gasteiger partial charge in [-0.15, -0.1) is 0 Å². The summed E-state index contributed by atoms with van der Waals surface area (Å²) >= 11 is 0. The summed E-state index contributed by atoms with van der Waals surface area (Å²) in [7, 11) is -6.70. The van der Waals surface area contributed by atoms with E-state index in [2.05, 4.69) is 5.32 Å². The van der Waals surface area contributed by atoms with Gasteiger partial charge >= 0.3 is 7.60 Å². The van der Waals surface area contributed by atoms with Gasteiger partial charge in [-0.3, -0.25) is 9.36 Å². The zero-order valence-electron chi connectivity index (χ0n) is 16.5. The maximum absolute atomic E-state index is 12.6. The second kappa shape index (κ2) is 10.7. The van der Waals surface area contributed by atoms with Gasteiger partial charge in [-0.2, -0.15) is 0 Å². The van der Waals surface area contributed by atoms with E-state index in [9.17, 15) is 17.8 Å². The molecule has 2 aromatic carbocycles. The van der Waals surface area contributed by atoms with Gasteiger partial charge in [-0.05, 0) is 43.7 Å². The Balaban J connectivity index is 1.92. The van der Waals surface area contributed by atoms with Gasteiger partial charge in [0.1, 0.15) is 0 Å². The number of sulfone groups is 1. The van der Waals surface area contributed by atoms with Crippen molar-refractivity contribution in [3.63, 3.8) is 0 Å². The van der Waals surface area contributed by atoms with Crippen LogP contribution in [0.2, 0.25) is 0 Å². The molecule has 2 aromatic rings. The van der Waals surface area contributed by atoms with Crippen LogP contribution in [-0.2, 0) is 34.4 Å². The van der Waals surface area contributed by atoms with Crippen LogP contribution in [0, 0.1) is 0 Å². The molecule has 0 spiro atoms. The molecule has 0 heterocycles. The minimum atomic E-state index is -3.51. The number of benzene rings is 2. The van der Waals surface area contributed by atoms with Crippen LogP contribution in [0.25, 0.3) is 0 Å². The first-order valence-electron chi connectivity index (χ1n) is 9.32. The molecular formula is C20H26NO6PS. The standard InChI is InChI=1S/C20H26NO6PS/c1-3-26-28(23,27-4-2)16-17-10-12-18(13-11-17)21-20(22)14-15-29(24,25)19-8-6-5-7-9-19/h5-13H,3-4,14-16H2,1-2H3,(H,21,22). The highest BCUT2D eigenvalue weighted by atomic mass is 32.2. The molecule has 1 amide bonds. The first-order chi connectivity index (χ1) is 13.8. The van der Waals surface area contributed by atoms with E-state index >= 15 is 0 Å². The molecule has 0 aliphatic carbocycles. The van der Waals surface area contributed by atoms with E-state index in [0.29, 0.717) is 5.69 Å². The molecule has 0 radical (unpaired) electrons. The Morgan fingerprint density at radius 3 is 2.10 bits per heavy atom. The minimum Gasteiger partial charge on any atom is -0.326 e. The Morgan fingerprint density at radius 1 is 0.966 bits per heavy atom. The van der Waals surface area contributed by atoms with Gasteiger partial charge < -0.3 is 14.4 Å². The van der Waals surface area contributed by atoms with Crippen molar-refractivity contribution in [2.45, 2.75) is 31.3 Å². The zero-order valence-corrected chi connectivity index (χ0v) is 18.2. The van der Waals surface area contributed by atoms with Crippen molar-refractivity contribution in [2.75, 3.05) is 24.3 Å². The molecule has 2 rings (SSSR count). The summed E-state index contributed by atoms with van der Waals surface area (Å²) < 4.78 is 47.6. The first-order valence-corrected chi connectivity index (χ1v) is 12.7. The van der Waals surface area contributed by atoms with Crippen molar-refractivity contribution in [2.24, 2.45) is 0 Å². The molecule has 0 aliphatic heterocycles. The number of hydrogen-bond acceptors (Lipinski definition) is 6. The van der Waals surface area contributed by atoms with Gasteiger partial charge in [0, 0.05) is 12.1 Å². The summed E-state index contributed by atoms with van der Waals surface area (Å²) in [6.07, 6.45) is -0.0128. The number of amides is 1. The Bertz CT molecular complexity index is 935. The Labute approximate surface area is 171 Å². The lowest BCUT2D eigenvalue weighted by molar-refractivity contribution is -0.115. The maximum atomic E-state index is 12.6. The number of hydrogen-bond donors (Lipinski definition) is 1. The molecule has 0 fully saturated rings. The average molecular weight is 439 g/mol. The van der Waals surface area contributed by atoms with Gasteiger partial charge in [0.05, 0.1) is 30.0 Å². The lowest BCUT2D eigenvalue weighted by Crippen LogP contribution is -2.17. The van der Waals surface area contributed by atoms with Gasteiger partial charge in [0.15, 0.2) is 9.84 Å². The summed E-state index contributed by atoms with van der Waals surface area (Å²) in [5.41, 5.74) is 1.28. The molecule has 0 bridgehead atoms. The van der Waals surface area contributed by atoms with E-state index < -0.39 is 23.3 Å². The summed E-state index contributed by atoms with van der Waals surface area (Å²) in [6, 6.07) is 14.8. The molecule has 7 nitrogen and oxygen atoms in total. The quantitative estimate of drug-likeness (QED) is 0.526. The molecule has 158 valence electrons. The van der Waals surface area contributed by atoms with Crippen molar-refractivity contribution < 1.29 is 26.8 Å². The highest BCUT2D eigenvalue weighted by molar-refractivity contribution is 7.91. The zero-order chi connectivity index (χ0) is 21.3. The second-order valence-corrected chi connectivity index (χ2v) is 10.4. The first kappa shape index (κ1) is 23.3. The molecule has 0 aromatic heterocycles. The van der Waals surface area contributed by atoms with Crippen LogP contribution in [0.4, 0.5) is 5.69 Å². The average Bonchev–Trinajstić information content (AvgIpc) is 2.69. The number of rotatable bonds is 11. The van der Waals surface area contributed by atoms with E-state index in [-0.39, 0.29) is 36.4 Å². The second-order valence-electron chi connectivity index (χ2n) is 6.23. The number of carbonyl (C=O) groups is 1. The van der Waals surface area contributed by atoms with Crippen LogP contribution in [-0.4, -0.2) is 33.3 Å². The van der Waals surface area contributed by atoms with Gasteiger partial charge in [0.2, 0.25) is 5.91 Å². The van der Waals surface area contributed by atoms with E-state index in [1.54, 1.807) is 56.3 Å². The van der Waals surface area contributed by atoms with Crippen LogP contribution >= 0.6 is 7.60 Å². The monoisotopic (exact) mass is 439 g/mol. The Hall–Kier alpha value is -1.99. The van der Waals surface area contributed by atoms with Crippen molar-refractivity contribution in [3.05, 3.63) is 60.2 Å². The summed E-state index contributed by atoms with van der Waals surface area (Å²) in [4.78, 5) is 12.3. The van der Waals surface area contributed by atoms with Gasteiger partial charge in [0.25, 0.3) is 0 Å². The number of nitrogens with one attached hydrogen (secondary N) is 1. The maximum Gasteiger partial charge on any atom is 0.335 e. The van der Waals surface area contributed by atoms with Crippen LogP contribution in [0.3, 0.4) is 0 Å². The summed E-state index contributed by atoms with van der Waals surface area (Å²) in [5, 5.41) is 2.67. The lowest BCUT2D eigenvalue weighted by Gasteiger charge is -2.17.